The molecule has 2 atom stereocenters. The number of carbonyl (C=O) groups is 2. The van der Waals surface area contributed by atoms with Gasteiger partial charge < -0.3 is 14.7 Å². The number of rotatable bonds is 4. The Bertz CT molecular complexity index is 773. The average molecular weight is 449 g/mol. The Morgan fingerprint density at radius 2 is 1.90 bits per heavy atom. The van der Waals surface area contributed by atoms with Gasteiger partial charge in [-0.3, -0.25) is 9.69 Å². The molecule has 0 unspecified atom stereocenters. The summed E-state index contributed by atoms with van der Waals surface area (Å²) in [5.41, 5.74) is 0.686. The van der Waals surface area contributed by atoms with Gasteiger partial charge in [0.25, 0.3) is 5.91 Å². The molecule has 1 aromatic rings. The summed E-state index contributed by atoms with van der Waals surface area (Å²) in [6, 6.07) is 7.68. The molecule has 0 spiro atoms. The Balaban J connectivity index is 0.000000318. The molecule has 2 aliphatic heterocycles. The Kier molecular flexibility index (Phi) is 7.26. The molecule has 166 valence electrons. The van der Waals surface area contributed by atoms with Gasteiger partial charge in [0.2, 0.25) is 0 Å². The van der Waals surface area contributed by atoms with Gasteiger partial charge in [-0.15, -0.1) is 0 Å². The summed E-state index contributed by atoms with van der Waals surface area (Å²) in [5, 5.41) is 7.74. The summed E-state index contributed by atoms with van der Waals surface area (Å²) in [6.45, 7) is 4.49. The highest BCUT2D eigenvalue weighted by Gasteiger charge is 2.39. The van der Waals surface area contributed by atoms with Crippen LogP contribution in [0.3, 0.4) is 0 Å². The maximum atomic E-state index is 12.7. The van der Waals surface area contributed by atoms with Crippen LogP contribution in [0.1, 0.15) is 29.6 Å². The average Bonchev–Trinajstić information content (AvgIpc) is 3.43. The van der Waals surface area contributed by atoms with E-state index in [2.05, 4.69) is 4.90 Å². The lowest BCUT2D eigenvalue weighted by Gasteiger charge is -2.37. The van der Waals surface area contributed by atoms with Crippen LogP contribution in [-0.4, -0.2) is 77.9 Å². The molecule has 1 amide bonds. The largest absolute Gasteiger partial charge is 0.490 e. The molecule has 2 heterocycles. The second-order valence-corrected chi connectivity index (χ2v) is 8.28. The molecule has 3 aliphatic rings. The lowest BCUT2D eigenvalue weighted by Crippen LogP contribution is -2.52. The summed E-state index contributed by atoms with van der Waals surface area (Å²) in [5.74, 6) is -1.85. The number of carbonyl (C=O) groups excluding carboxylic acids is 1. The fourth-order valence-electron chi connectivity index (χ4n) is 3.66. The van der Waals surface area contributed by atoms with Crippen molar-refractivity contribution in [1.82, 2.24) is 9.80 Å². The Labute approximate surface area is 177 Å². The highest BCUT2D eigenvalue weighted by Crippen LogP contribution is 2.31. The van der Waals surface area contributed by atoms with Gasteiger partial charge in [0.15, 0.2) is 0 Å². The van der Waals surface area contributed by atoms with Gasteiger partial charge >= 0.3 is 12.1 Å². The van der Waals surface area contributed by atoms with E-state index in [1.54, 1.807) is 12.1 Å². The van der Waals surface area contributed by atoms with Crippen LogP contribution in [0.15, 0.2) is 24.3 Å². The molecule has 1 saturated carbocycles. The van der Waals surface area contributed by atoms with Crippen LogP contribution >= 0.6 is 11.6 Å². The molecule has 0 aromatic heterocycles. The van der Waals surface area contributed by atoms with Gasteiger partial charge in [-0.25, -0.2) is 4.79 Å². The topological polar surface area (TPSA) is 70.1 Å². The molecule has 0 bridgehead atoms. The third-order valence-electron chi connectivity index (χ3n) is 5.44. The van der Waals surface area contributed by atoms with E-state index < -0.39 is 12.1 Å². The quantitative estimate of drug-likeness (QED) is 0.765. The predicted octanol–water partition coefficient (Wildman–Crippen LogP) is 3.30. The second kappa shape index (κ2) is 9.53. The number of aliphatic carboxylic acids is 1. The zero-order chi connectivity index (χ0) is 21.9. The van der Waals surface area contributed by atoms with Gasteiger partial charge in [0.1, 0.15) is 0 Å². The van der Waals surface area contributed by atoms with Gasteiger partial charge in [-0.1, -0.05) is 17.7 Å². The summed E-state index contributed by atoms with van der Waals surface area (Å²) < 4.78 is 37.8. The van der Waals surface area contributed by atoms with Gasteiger partial charge in [-0.2, -0.15) is 13.2 Å². The fraction of sp³-hybridized carbons (Fsp3) is 0.600. The molecule has 1 aromatic carbocycles. The van der Waals surface area contributed by atoms with Crippen LogP contribution in [0.5, 0.6) is 0 Å². The van der Waals surface area contributed by atoms with E-state index in [1.807, 2.05) is 17.0 Å². The van der Waals surface area contributed by atoms with Crippen molar-refractivity contribution < 1.29 is 32.6 Å². The number of nitrogens with zero attached hydrogens (tertiary/aromatic N) is 2. The summed E-state index contributed by atoms with van der Waals surface area (Å²) in [4.78, 5) is 26.0. The van der Waals surface area contributed by atoms with Crippen molar-refractivity contribution >= 4 is 23.5 Å². The number of fused-ring (bicyclic) bond motifs is 1. The first kappa shape index (κ1) is 22.8. The van der Waals surface area contributed by atoms with Gasteiger partial charge in [-0.05, 0) is 43.4 Å². The minimum Gasteiger partial charge on any atom is -0.475 e. The van der Waals surface area contributed by atoms with Crippen LogP contribution in [0, 0.1) is 5.92 Å². The summed E-state index contributed by atoms with van der Waals surface area (Å²) in [6.07, 6.45) is -1.02. The van der Waals surface area contributed by atoms with Crippen molar-refractivity contribution in [2.45, 2.75) is 37.6 Å². The molecule has 1 aliphatic carbocycles. The summed E-state index contributed by atoms with van der Waals surface area (Å²) >= 11 is 6.01. The van der Waals surface area contributed by atoms with Crippen molar-refractivity contribution in [3.05, 3.63) is 34.9 Å². The van der Waals surface area contributed by atoms with Crippen molar-refractivity contribution in [2.75, 3.05) is 32.8 Å². The lowest BCUT2D eigenvalue weighted by atomic mass is 10.1. The number of alkyl halides is 3. The van der Waals surface area contributed by atoms with Gasteiger partial charge in [0.05, 0.1) is 6.10 Å². The molecule has 1 N–H and O–H groups in total. The first-order chi connectivity index (χ1) is 14.1. The molecule has 6 nitrogen and oxygen atoms in total. The Morgan fingerprint density at radius 3 is 2.50 bits per heavy atom. The molecule has 10 heteroatoms. The number of hydrogen-bond acceptors (Lipinski definition) is 4. The standard InChI is InChI=1S/C18H23ClN2O2.C2HF3O2/c19-15-3-1-2-14(8-15)18(22)21-7-6-20-11-17(9-16(20)10-21)23-12-13-4-5-13;3-2(4,5)1(6)7/h1-3,8,13,16-17H,4-7,9-12H2;(H,6,7)/t16-,17+;/m0./s1. The Hall–Kier alpha value is -1.84. The predicted molar refractivity (Wildman–Crippen MR) is 103 cm³/mol. The number of ether oxygens (including phenoxy) is 1. The van der Waals surface area contributed by atoms with Crippen LogP contribution < -0.4 is 0 Å². The molecular weight excluding hydrogens is 425 g/mol. The van der Waals surface area contributed by atoms with Crippen molar-refractivity contribution in [2.24, 2.45) is 5.92 Å². The zero-order valence-corrected chi connectivity index (χ0v) is 17.0. The van der Waals surface area contributed by atoms with Crippen LogP contribution in [0.25, 0.3) is 0 Å². The van der Waals surface area contributed by atoms with E-state index in [-0.39, 0.29) is 5.91 Å². The number of carboxylic acid groups (broad SMARTS) is 1. The van der Waals surface area contributed by atoms with Crippen molar-refractivity contribution in [3.63, 3.8) is 0 Å². The van der Waals surface area contributed by atoms with Crippen LogP contribution in [0.2, 0.25) is 5.02 Å². The van der Waals surface area contributed by atoms with Crippen molar-refractivity contribution in [3.8, 4) is 0 Å². The number of halogens is 4. The first-order valence-corrected chi connectivity index (χ1v) is 10.2. The monoisotopic (exact) mass is 448 g/mol. The van der Waals surface area contributed by atoms with E-state index in [9.17, 15) is 18.0 Å². The number of carboxylic acids is 1. The molecule has 4 rings (SSSR count). The summed E-state index contributed by atoms with van der Waals surface area (Å²) in [7, 11) is 0. The third-order valence-corrected chi connectivity index (χ3v) is 5.68. The zero-order valence-electron chi connectivity index (χ0n) is 16.3. The van der Waals surface area contributed by atoms with E-state index >= 15 is 0 Å². The fourth-order valence-corrected chi connectivity index (χ4v) is 3.85. The van der Waals surface area contributed by atoms with Gasteiger partial charge in [0, 0.05) is 49.4 Å². The smallest absolute Gasteiger partial charge is 0.475 e. The first-order valence-electron chi connectivity index (χ1n) is 9.84. The van der Waals surface area contributed by atoms with E-state index in [0.29, 0.717) is 22.7 Å². The van der Waals surface area contributed by atoms with Crippen molar-refractivity contribution in [1.29, 1.82) is 0 Å². The number of amides is 1. The highest BCUT2D eigenvalue weighted by molar-refractivity contribution is 6.30. The van der Waals surface area contributed by atoms with E-state index in [0.717, 1.165) is 45.1 Å². The minimum atomic E-state index is -5.08. The van der Waals surface area contributed by atoms with Crippen LogP contribution in [0.4, 0.5) is 13.2 Å². The van der Waals surface area contributed by atoms with Crippen LogP contribution in [-0.2, 0) is 9.53 Å². The van der Waals surface area contributed by atoms with E-state index in [1.165, 1.54) is 12.8 Å². The molecule has 3 fully saturated rings. The molecular formula is C20H24ClF3N2O4. The number of piperazine rings is 1. The molecule has 0 radical (unpaired) electrons. The second-order valence-electron chi connectivity index (χ2n) is 7.85. The van der Waals surface area contributed by atoms with E-state index in [4.69, 9.17) is 26.2 Å². The highest BCUT2D eigenvalue weighted by atomic mass is 35.5. The molecule has 2 saturated heterocycles. The third kappa shape index (κ3) is 6.33. The molecule has 30 heavy (non-hydrogen) atoms. The normalized spacial score (nSPS) is 24.1. The number of benzene rings is 1. The SMILES string of the molecule is O=C(O)C(F)(F)F.O=C(c1cccc(Cl)c1)N1CCN2C[C@H](OCC3CC3)C[C@H]2C1. The minimum absolute atomic E-state index is 0.0921. The number of hydrogen-bond donors (Lipinski definition) is 1. The maximum Gasteiger partial charge on any atom is 0.490 e. The maximum absolute atomic E-state index is 12.7. The lowest BCUT2D eigenvalue weighted by molar-refractivity contribution is -0.192. The Morgan fingerprint density at radius 1 is 1.20 bits per heavy atom.